The van der Waals surface area contributed by atoms with Gasteiger partial charge in [-0.05, 0) is 13.3 Å². The molecule has 2 atom stereocenters. The molecule has 0 radical (unpaired) electrons. The van der Waals surface area contributed by atoms with E-state index in [0.29, 0.717) is 0 Å². The van der Waals surface area contributed by atoms with Crippen LogP contribution in [-0.4, -0.2) is 17.3 Å². The largest absolute Gasteiger partial charge is 0.392 e. The first-order valence-corrected chi connectivity index (χ1v) is 11.1. The molecule has 0 saturated carbocycles. The first-order valence-electron chi connectivity index (χ1n) is 11.1. The van der Waals surface area contributed by atoms with Crippen LogP contribution in [0.15, 0.2) is 0 Å². The number of aliphatic hydroxyl groups excluding tert-OH is 1. The van der Waals surface area contributed by atoms with Crippen molar-refractivity contribution in [1.82, 2.24) is 0 Å². The highest BCUT2D eigenvalue weighted by molar-refractivity contribution is 4.65. The van der Waals surface area contributed by atoms with Gasteiger partial charge in [0, 0.05) is 6.04 Å². The topological polar surface area (TPSA) is 46.2 Å². The number of nitrogens with two attached hydrogens (primary N) is 1. The van der Waals surface area contributed by atoms with Crippen molar-refractivity contribution < 1.29 is 5.11 Å². The van der Waals surface area contributed by atoms with Gasteiger partial charge in [-0.1, -0.05) is 116 Å². The zero-order valence-corrected chi connectivity index (χ0v) is 16.9. The average Bonchev–Trinajstić information content (AvgIpc) is 2.57. The Bertz CT molecular complexity index is 230. The molecule has 0 aliphatic carbocycles. The number of rotatable bonds is 19. The van der Waals surface area contributed by atoms with Crippen molar-refractivity contribution in [2.45, 2.75) is 142 Å². The highest BCUT2D eigenvalue weighted by Gasteiger charge is 2.07. The minimum Gasteiger partial charge on any atom is -0.392 e. The van der Waals surface area contributed by atoms with Crippen molar-refractivity contribution in [3.63, 3.8) is 0 Å². The molecule has 146 valence electrons. The molecule has 0 fully saturated rings. The van der Waals surface area contributed by atoms with Gasteiger partial charge in [-0.3, -0.25) is 0 Å². The maximum absolute atomic E-state index is 9.63. The lowest BCUT2D eigenvalue weighted by molar-refractivity contribution is 0.138. The minimum atomic E-state index is -0.304. The van der Waals surface area contributed by atoms with Crippen LogP contribution in [0.1, 0.15) is 129 Å². The first-order chi connectivity index (χ1) is 11.7. The van der Waals surface area contributed by atoms with E-state index in [1.165, 1.54) is 103 Å². The van der Waals surface area contributed by atoms with Crippen LogP contribution in [-0.2, 0) is 0 Å². The van der Waals surface area contributed by atoms with E-state index in [1.54, 1.807) is 0 Å². The molecule has 0 amide bonds. The Hall–Kier alpha value is -0.0800. The molecule has 3 N–H and O–H groups in total. The normalized spacial score (nSPS) is 14.0. The Morgan fingerprint density at radius 1 is 0.583 bits per heavy atom. The summed E-state index contributed by atoms with van der Waals surface area (Å²) < 4.78 is 0. The average molecular weight is 342 g/mol. The lowest BCUT2D eigenvalue weighted by Gasteiger charge is -2.13. The van der Waals surface area contributed by atoms with Gasteiger partial charge in [-0.25, -0.2) is 0 Å². The van der Waals surface area contributed by atoms with Crippen molar-refractivity contribution >= 4 is 0 Å². The predicted molar refractivity (Wildman–Crippen MR) is 108 cm³/mol. The molecule has 0 aliphatic rings. The van der Waals surface area contributed by atoms with Gasteiger partial charge in [0.2, 0.25) is 0 Å². The fourth-order valence-corrected chi connectivity index (χ4v) is 3.34. The van der Waals surface area contributed by atoms with Crippen LogP contribution in [0.25, 0.3) is 0 Å². The molecule has 0 aromatic rings. The summed E-state index contributed by atoms with van der Waals surface area (Å²) in [5.74, 6) is 0. The molecule has 0 heterocycles. The summed E-state index contributed by atoms with van der Waals surface area (Å²) >= 11 is 0. The Kier molecular flexibility index (Phi) is 19.2. The molecule has 0 unspecified atom stereocenters. The Labute approximate surface area is 153 Å². The SMILES string of the molecule is CCCCCCCCCCCCCCCCCCC[C@@H](O)[C@H](C)N. The second-order valence-corrected chi connectivity index (χ2v) is 7.87. The second-order valence-electron chi connectivity index (χ2n) is 7.87. The zero-order valence-electron chi connectivity index (χ0n) is 16.9. The van der Waals surface area contributed by atoms with E-state index in [2.05, 4.69) is 6.92 Å². The molecule has 2 heteroatoms. The maximum atomic E-state index is 9.63. The summed E-state index contributed by atoms with van der Waals surface area (Å²) in [5.41, 5.74) is 5.66. The van der Waals surface area contributed by atoms with Crippen molar-refractivity contribution in [3.05, 3.63) is 0 Å². The van der Waals surface area contributed by atoms with Crippen LogP contribution in [0, 0.1) is 0 Å². The van der Waals surface area contributed by atoms with Gasteiger partial charge < -0.3 is 10.8 Å². The van der Waals surface area contributed by atoms with Gasteiger partial charge in [-0.2, -0.15) is 0 Å². The van der Waals surface area contributed by atoms with Gasteiger partial charge in [0.15, 0.2) is 0 Å². The molecule has 0 aromatic carbocycles. The fraction of sp³-hybridized carbons (Fsp3) is 1.00. The highest BCUT2D eigenvalue weighted by Crippen LogP contribution is 2.14. The van der Waals surface area contributed by atoms with E-state index < -0.39 is 0 Å². The van der Waals surface area contributed by atoms with Crippen LogP contribution in [0.4, 0.5) is 0 Å². The van der Waals surface area contributed by atoms with E-state index in [4.69, 9.17) is 5.73 Å². The standard InChI is InChI=1S/C22H47NO/c1-3-4-5-6-7-8-9-10-11-12-13-14-15-16-17-18-19-20-22(24)21(2)23/h21-22,24H,3-20,23H2,1-2H3/t21-,22+/m0/s1. The van der Waals surface area contributed by atoms with E-state index in [1.807, 2.05) is 6.92 Å². The van der Waals surface area contributed by atoms with Gasteiger partial charge in [0.25, 0.3) is 0 Å². The number of aliphatic hydroxyl groups is 1. The van der Waals surface area contributed by atoms with Crippen LogP contribution < -0.4 is 5.73 Å². The van der Waals surface area contributed by atoms with Crippen molar-refractivity contribution in [2.24, 2.45) is 5.73 Å². The monoisotopic (exact) mass is 341 g/mol. The lowest BCUT2D eigenvalue weighted by atomic mass is 10.0. The van der Waals surface area contributed by atoms with E-state index in [-0.39, 0.29) is 12.1 Å². The molecule has 0 aromatic heterocycles. The molecule has 0 bridgehead atoms. The van der Waals surface area contributed by atoms with E-state index in [9.17, 15) is 5.11 Å². The smallest absolute Gasteiger partial charge is 0.0688 e. The third-order valence-electron chi connectivity index (χ3n) is 5.21. The molecule has 0 saturated heterocycles. The molecule has 2 nitrogen and oxygen atoms in total. The zero-order chi connectivity index (χ0) is 17.9. The summed E-state index contributed by atoms with van der Waals surface area (Å²) in [4.78, 5) is 0. The third kappa shape index (κ3) is 18.3. The van der Waals surface area contributed by atoms with Crippen LogP contribution in [0.2, 0.25) is 0 Å². The van der Waals surface area contributed by atoms with Gasteiger partial charge in [-0.15, -0.1) is 0 Å². The molecule has 24 heavy (non-hydrogen) atoms. The number of hydrogen-bond donors (Lipinski definition) is 2. The lowest BCUT2D eigenvalue weighted by Crippen LogP contribution is -2.31. The van der Waals surface area contributed by atoms with Crippen molar-refractivity contribution in [3.8, 4) is 0 Å². The fourth-order valence-electron chi connectivity index (χ4n) is 3.34. The summed E-state index contributed by atoms with van der Waals surface area (Å²) in [6, 6.07) is -0.0777. The predicted octanol–water partition coefficient (Wildman–Crippen LogP) is 6.74. The van der Waals surface area contributed by atoms with Crippen LogP contribution >= 0.6 is 0 Å². The summed E-state index contributed by atoms with van der Waals surface area (Å²) in [6.07, 6.45) is 24.3. The summed E-state index contributed by atoms with van der Waals surface area (Å²) in [7, 11) is 0. The summed E-state index contributed by atoms with van der Waals surface area (Å²) in [6.45, 7) is 4.17. The second kappa shape index (κ2) is 19.2. The van der Waals surface area contributed by atoms with Crippen molar-refractivity contribution in [2.75, 3.05) is 0 Å². The Morgan fingerprint density at radius 3 is 1.17 bits per heavy atom. The molecule has 0 aliphatic heterocycles. The Balaban J connectivity index is 3.03. The maximum Gasteiger partial charge on any atom is 0.0688 e. The Morgan fingerprint density at radius 2 is 0.875 bits per heavy atom. The highest BCUT2D eigenvalue weighted by atomic mass is 16.3. The van der Waals surface area contributed by atoms with E-state index in [0.717, 1.165) is 12.8 Å². The van der Waals surface area contributed by atoms with Gasteiger partial charge in [0.05, 0.1) is 6.10 Å². The third-order valence-corrected chi connectivity index (χ3v) is 5.21. The van der Waals surface area contributed by atoms with Gasteiger partial charge >= 0.3 is 0 Å². The minimum absolute atomic E-state index is 0.0777. The number of hydrogen-bond acceptors (Lipinski definition) is 2. The summed E-state index contributed by atoms with van der Waals surface area (Å²) in [5, 5.41) is 9.63. The first kappa shape index (κ1) is 23.9. The number of unbranched alkanes of at least 4 members (excludes halogenated alkanes) is 16. The van der Waals surface area contributed by atoms with Crippen LogP contribution in [0.3, 0.4) is 0 Å². The molecular weight excluding hydrogens is 294 g/mol. The van der Waals surface area contributed by atoms with Crippen molar-refractivity contribution in [1.29, 1.82) is 0 Å². The van der Waals surface area contributed by atoms with E-state index >= 15 is 0 Å². The quantitative estimate of drug-likeness (QED) is 0.256. The van der Waals surface area contributed by atoms with Gasteiger partial charge in [0.1, 0.15) is 0 Å². The molecule has 0 rings (SSSR count). The van der Waals surface area contributed by atoms with Crippen LogP contribution in [0.5, 0.6) is 0 Å². The molecule has 0 spiro atoms. The molecular formula is C22H47NO.